The van der Waals surface area contributed by atoms with E-state index in [2.05, 4.69) is 10.3 Å². The lowest BCUT2D eigenvalue weighted by Gasteiger charge is -2.19. The second kappa shape index (κ2) is 6.68. The normalized spacial score (nSPS) is 10.6. The molecule has 5 heteroatoms. The van der Waals surface area contributed by atoms with Crippen LogP contribution in [0.15, 0.2) is 36.4 Å². The Morgan fingerprint density at radius 3 is 2.80 bits per heavy atom. The quantitative estimate of drug-likeness (QED) is 0.917. The summed E-state index contributed by atoms with van der Waals surface area (Å²) in [6.07, 6.45) is 0. The second-order valence-electron chi connectivity index (χ2n) is 4.61. The van der Waals surface area contributed by atoms with E-state index in [0.717, 1.165) is 17.1 Å². The van der Waals surface area contributed by atoms with Gasteiger partial charge in [-0.2, -0.15) is 0 Å². The average Bonchev–Trinajstić information content (AvgIpc) is 2.41. The molecule has 0 spiro atoms. The van der Waals surface area contributed by atoms with Gasteiger partial charge >= 0.3 is 0 Å². The molecule has 3 nitrogen and oxygen atoms in total. The summed E-state index contributed by atoms with van der Waals surface area (Å²) in [5.74, 6) is 0.583. The largest absolute Gasteiger partial charge is 0.355 e. The predicted octanol–water partition coefficient (Wildman–Crippen LogP) is 3.23. The number of nitrogens with zero attached hydrogens (tertiary/aromatic N) is 2. The smallest absolute Gasteiger partial charge is 0.129 e. The number of halogens is 2. The van der Waals surface area contributed by atoms with Gasteiger partial charge in [0.05, 0.1) is 10.7 Å². The van der Waals surface area contributed by atoms with E-state index in [-0.39, 0.29) is 5.82 Å². The molecule has 0 bridgehead atoms. The molecule has 0 saturated heterocycles. The van der Waals surface area contributed by atoms with E-state index in [1.54, 1.807) is 6.07 Å². The highest BCUT2D eigenvalue weighted by Gasteiger charge is 2.08. The zero-order valence-electron chi connectivity index (χ0n) is 11.5. The zero-order chi connectivity index (χ0) is 14.5. The summed E-state index contributed by atoms with van der Waals surface area (Å²) in [6, 6.07) is 10.3. The molecule has 0 amide bonds. The minimum absolute atomic E-state index is 0.226. The number of hydrogen-bond acceptors (Lipinski definition) is 3. The first-order valence-corrected chi connectivity index (χ1v) is 6.73. The molecular weight excluding hydrogens is 277 g/mol. The number of benzene rings is 1. The van der Waals surface area contributed by atoms with Crippen LogP contribution in [0.4, 0.5) is 10.2 Å². The van der Waals surface area contributed by atoms with Crippen LogP contribution in [-0.4, -0.2) is 19.1 Å². The molecule has 0 saturated carbocycles. The highest BCUT2D eigenvalue weighted by Crippen LogP contribution is 2.20. The summed E-state index contributed by atoms with van der Waals surface area (Å²) >= 11 is 6.09. The van der Waals surface area contributed by atoms with Gasteiger partial charge in [-0.05, 0) is 36.9 Å². The zero-order valence-corrected chi connectivity index (χ0v) is 12.3. The van der Waals surface area contributed by atoms with Gasteiger partial charge in [0.1, 0.15) is 11.6 Å². The Morgan fingerprint density at radius 1 is 1.30 bits per heavy atom. The lowest BCUT2D eigenvalue weighted by molar-refractivity contribution is 0.625. The van der Waals surface area contributed by atoms with Crippen molar-refractivity contribution < 1.29 is 4.39 Å². The van der Waals surface area contributed by atoms with Gasteiger partial charge in [-0.1, -0.05) is 23.7 Å². The Kier molecular flexibility index (Phi) is 4.93. The standard InChI is InChI=1S/C15H17ClFN3/c1-18-9-14-13(16)6-7-15(19-14)20(2)10-11-4-3-5-12(17)8-11/h3-8,18H,9-10H2,1-2H3. The molecule has 0 atom stereocenters. The van der Waals surface area contributed by atoms with Gasteiger partial charge in [-0.25, -0.2) is 9.37 Å². The van der Waals surface area contributed by atoms with E-state index < -0.39 is 0 Å². The predicted molar refractivity (Wildman–Crippen MR) is 80.5 cm³/mol. The van der Waals surface area contributed by atoms with Gasteiger partial charge in [0, 0.05) is 20.1 Å². The maximum Gasteiger partial charge on any atom is 0.129 e. The summed E-state index contributed by atoms with van der Waals surface area (Å²) in [5, 5.41) is 3.67. The van der Waals surface area contributed by atoms with Crippen molar-refractivity contribution in [1.82, 2.24) is 10.3 Å². The maximum atomic E-state index is 13.2. The average molecular weight is 294 g/mol. The molecule has 2 aromatic rings. The van der Waals surface area contributed by atoms with Crippen LogP contribution in [0.5, 0.6) is 0 Å². The molecule has 2 rings (SSSR count). The van der Waals surface area contributed by atoms with Crippen LogP contribution in [0.25, 0.3) is 0 Å². The minimum atomic E-state index is -0.226. The van der Waals surface area contributed by atoms with Gasteiger partial charge in [0.15, 0.2) is 0 Å². The first-order valence-electron chi connectivity index (χ1n) is 6.35. The van der Waals surface area contributed by atoms with Crippen molar-refractivity contribution in [2.75, 3.05) is 19.0 Å². The monoisotopic (exact) mass is 293 g/mol. The van der Waals surface area contributed by atoms with Crippen molar-refractivity contribution >= 4 is 17.4 Å². The van der Waals surface area contributed by atoms with E-state index in [4.69, 9.17) is 11.6 Å². The van der Waals surface area contributed by atoms with E-state index in [1.165, 1.54) is 12.1 Å². The molecule has 0 fully saturated rings. The lowest BCUT2D eigenvalue weighted by Crippen LogP contribution is -2.19. The molecule has 1 aromatic heterocycles. The number of hydrogen-bond donors (Lipinski definition) is 1. The van der Waals surface area contributed by atoms with Crippen LogP contribution >= 0.6 is 11.6 Å². The first-order chi connectivity index (χ1) is 9.60. The molecule has 0 radical (unpaired) electrons. The van der Waals surface area contributed by atoms with Gasteiger partial charge in [0.25, 0.3) is 0 Å². The van der Waals surface area contributed by atoms with Gasteiger partial charge in [-0.15, -0.1) is 0 Å². The molecule has 0 aliphatic heterocycles. The van der Waals surface area contributed by atoms with E-state index in [0.29, 0.717) is 18.1 Å². The van der Waals surface area contributed by atoms with Gasteiger partial charge in [0.2, 0.25) is 0 Å². The molecule has 1 N–H and O–H groups in total. The minimum Gasteiger partial charge on any atom is -0.355 e. The summed E-state index contributed by atoms with van der Waals surface area (Å²) < 4.78 is 13.2. The topological polar surface area (TPSA) is 28.2 Å². The lowest BCUT2D eigenvalue weighted by atomic mass is 10.2. The van der Waals surface area contributed by atoms with E-state index >= 15 is 0 Å². The van der Waals surface area contributed by atoms with Crippen molar-refractivity contribution in [3.63, 3.8) is 0 Å². The maximum absolute atomic E-state index is 13.2. The van der Waals surface area contributed by atoms with Gasteiger partial charge in [-0.3, -0.25) is 0 Å². The van der Waals surface area contributed by atoms with Crippen molar-refractivity contribution in [1.29, 1.82) is 0 Å². The number of pyridine rings is 1. The van der Waals surface area contributed by atoms with Crippen LogP contribution in [0, 0.1) is 5.82 Å². The Bertz CT molecular complexity index is 589. The third-order valence-corrected chi connectivity index (χ3v) is 3.29. The molecule has 106 valence electrons. The molecule has 1 aromatic carbocycles. The summed E-state index contributed by atoms with van der Waals surface area (Å²) in [4.78, 5) is 6.48. The van der Waals surface area contributed by atoms with Crippen molar-refractivity contribution in [2.45, 2.75) is 13.1 Å². The highest BCUT2D eigenvalue weighted by atomic mass is 35.5. The van der Waals surface area contributed by atoms with Crippen molar-refractivity contribution in [3.05, 3.63) is 58.5 Å². The fraction of sp³-hybridized carbons (Fsp3) is 0.267. The third kappa shape index (κ3) is 3.68. The number of anilines is 1. The van der Waals surface area contributed by atoms with Crippen LogP contribution in [0.2, 0.25) is 5.02 Å². The molecule has 0 aliphatic carbocycles. The van der Waals surface area contributed by atoms with E-state index in [9.17, 15) is 4.39 Å². The van der Waals surface area contributed by atoms with Crippen LogP contribution in [-0.2, 0) is 13.1 Å². The summed E-state index contributed by atoms with van der Waals surface area (Å²) in [5.41, 5.74) is 1.71. The highest BCUT2D eigenvalue weighted by molar-refractivity contribution is 6.31. The molecule has 1 heterocycles. The number of aromatic nitrogens is 1. The molecular formula is C15H17ClFN3. The SMILES string of the molecule is CNCc1nc(N(C)Cc2cccc(F)c2)ccc1Cl. The molecule has 0 aliphatic rings. The Hall–Kier alpha value is -1.65. The van der Waals surface area contributed by atoms with Gasteiger partial charge < -0.3 is 10.2 Å². The number of rotatable bonds is 5. The van der Waals surface area contributed by atoms with Crippen molar-refractivity contribution in [3.8, 4) is 0 Å². The second-order valence-corrected chi connectivity index (χ2v) is 5.02. The Morgan fingerprint density at radius 2 is 2.10 bits per heavy atom. The van der Waals surface area contributed by atoms with Crippen LogP contribution < -0.4 is 10.2 Å². The fourth-order valence-corrected chi connectivity index (χ4v) is 2.14. The summed E-state index contributed by atoms with van der Waals surface area (Å²) in [6.45, 7) is 1.20. The number of nitrogens with one attached hydrogen (secondary N) is 1. The molecule has 20 heavy (non-hydrogen) atoms. The fourth-order valence-electron chi connectivity index (χ4n) is 1.97. The summed E-state index contributed by atoms with van der Waals surface area (Å²) in [7, 11) is 3.77. The Labute approximate surface area is 123 Å². The van der Waals surface area contributed by atoms with Crippen LogP contribution in [0.3, 0.4) is 0 Å². The van der Waals surface area contributed by atoms with Crippen molar-refractivity contribution in [2.24, 2.45) is 0 Å². The Balaban J connectivity index is 2.16. The van der Waals surface area contributed by atoms with E-state index in [1.807, 2.05) is 37.2 Å². The third-order valence-electron chi connectivity index (χ3n) is 2.95. The van der Waals surface area contributed by atoms with Crippen LogP contribution in [0.1, 0.15) is 11.3 Å². The first kappa shape index (κ1) is 14.8. The molecule has 0 unspecified atom stereocenters.